The number of amides is 2. The fraction of sp³-hybridized carbons (Fsp3) is 0.440. The highest BCUT2D eigenvalue weighted by molar-refractivity contribution is 6.30. The van der Waals surface area contributed by atoms with Crippen LogP contribution in [0.15, 0.2) is 53.6 Å². The zero-order valence-electron chi connectivity index (χ0n) is 19.3. The largest absolute Gasteiger partial charge is 0.491 e. The number of carbonyl (C=O) groups is 1. The van der Waals surface area contributed by atoms with Crippen LogP contribution in [0.2, 0.25) is 5.02 Å². The molecular formula is C25H33ClN4O2. The predicted molar refractivity (Wildman–Crippen MR) is 132 cm³/mol. The lowest BCUT2D eigenvalue weighted by Gasteiger charge is -2.21. The van der Waals surface area contributed by atoms with Crippen LogP contribution < -0.4 is 10.1 Å². The lowest BCUT2D eigenvalue weighted by atomic mass is 9.94. The smallest absolute Gasteiger partial charge is 0.342 e. The molecule has 0 aromatic heterocycles. The number of hydrazone groups is 1. The molecule has 172 valence electrons. The topological polar surface area (TPSA) is 57.2 Å². The van der Waals surface area contributed by atoms with Gasteiger partial charge in [0.2, 0.25) is 0 Å². The molecule has 1 unspecified atom stereocenters. The molecule has 1 aliphatic rings. The van der Waals surface area contributed by atoms with E-state index in [1.54, 1.807) is 24.3 Å². The Hall–Kier alpha value is -2.57. The Morgan fingerprint density at radius 1 is 1.16 bits per heavy atom. The minimum atomic E-state index is -0.241. The average molecular weight is 457 g/mol. The molecule has 1 aliphatic heterocycles. The molecule has 0 spiro atoms. The molecule has 0 fully saturated rings. The summed E-state index contributed by atoms with van der Waals surface area (Å²) in [4.78, 5) is 15.3. The first-order chi connectivity index (χ1) is 15.4. The minimum absolute atomic E-state index is 0.124. The van der Waals surface area contributed by atoms with Crippen molar-refractivity contribution in [1.82, 2.24) is 9.91 Å². The Labute approximate surface area is 196 Å². The Morgan fingerprint density at radius 3 is 2.41 bits per heavy atom. The van der Waals surface area contributed by atoms with Crippen LogP contribution in [0.1, 0.15) is 39.7 Å². The summed E-state index contributed by atoms with van der Waals surface area (Å²) in [6, 6.07) is 14.8. The van der Waals surface area contributed by atoms with Crippen LogP contribution >= 0.6 is 11.6 Å². The van der Waals surface area contributed by atoms with Crippen LogP contribution in [0.4, 0.5) is 10.5 Å². The average Bonchev–Trinajstić information content (AvgIpc) is 3.20. The zero-order chi connectivity index (χ0) is 23.1. The number of nitrogens with zero attached hydrogens (tertiary/aromatic N) is 3. The van der Waals surface area contributed by atoms with Gasteiger partial charge >= 0.3 is 6.03 Å². The molecule has 2 amide bonds. The SMILES string of the molecule is CCN(CC)CCC1CN(C(=O)Nc2ccc(Cl)cc2)N=C1c1ccc(OC(C)C)cc1. The lowest BCUT2D eigenvalue weighted by Crippen LogP contribution is -2.32. The summed E-state index contributed by atoms with van der Waals surface area (Å²) in [6.07, 6.45) is 1.06. The monoisotopic (exact) mass is 456 g/mol. The van der Waals surface area contributed by atoms with Crippen molar-refractivity contribution < 1.29 is 9.53 Å². The van der Waals surface area contributed by atoms with Gasteiger partial charge in [0, 0.05) is 16.6 Å². The number of benzene rings is 2. The summed E-state index contributed by atoms with van der Waals surface area (Å²) < 4.78 is 5.77. The second kappa shape index (κ2) is 11.3. The van der Waals surface area contributed by atoms with Crippen LogP contribution in [0.3, 0.4) is 0 Å². The maximum Gasteiger partial charge on any atom is 0.342 e. The standard InChI is InChI=1S/C25H33ClN4O2/c1-5-29(6-2)16-15-20-17-30(25(31)27-22-11-9-21(26)10-12-22)28-24(20)19-7-13-23(14-8-19)32-18(3)4/h7-14,18,20H,5-6,15-17H2,1-4H3,(H,27,31). The van der Waals surface area contributed by atoms with Crippen molar-refractivity contribution in [3.8, 4) is 5.75 Å². The van der Waals surface area contributed by atoms with Gasteiger partial charge in [-0.15, -0.1) is 0 Å². The Balaban J connectivity index is 1.77. The van der Waals surface area contributed by atoms with E-state index in [4.69, 9.17) is 21.4 Å². The van der Waals surface area contributed by atoms with E-state index in [2.05, 4.69) is 24.1 Å². The van der Waals surface area contributed by atoms with Crippen molar-refractivity contribution in [1.29, 1.82) is 0 Å². The summed E-state index contributed by atoms with van der Waals surface area (Å²) in [5.41, 5.74) is 2.66. The highest BCUT2D eigenvalue weighted by Crippen LogP contribution is 2.25. The molecule has 32 heavy (non-hydrogen) atoms. The van der Waals surface area contributed by atoms with Crippen molar-refractivity contribution in [3.05, 3.63) is 59.1 Å². The number of nitrogens with one attached hydrogen (secondary N) is 1. The number of urea groups is 1. The van der Waals surface area contributed by atoms with Gasteiger partial charge in [-0.3, -0.25) is 0 Å². The van der Waals surface area contributed by atoms with Gasteiger partial charge < -0.3 is 15.0 Å². The zero-order valence-corrected chi connectivity index (χ0v) is 20.1. The first-order valence-electron chi connectivity index (χ1n) is 11.3. The van der Waals surface area contributed by atoms with E-state index in [1.165, 1.54) is 5.01 Å². The van der Waals surface area contributed by atoms with E-state index in [9.17, 15) is 4.79 Å². The number of anilines is 1. The molecule has 0 bridgehead atoms. The molecular weight excluding hydrogens is 424 g/mol. The van der Waals surface area contributed by atoms with E-state index in [-0.39, 0.29) is 18.1 Å². The van der Waals surface area contributed by atoms with E-state index >= 15 is 0 Å². The van der Waals surface area contributed by atoms with Gasteiger partial charge in [0.25, 0.3) is 0 Å². The molecule has 0 saturated heterocycles. The first kappa shape index (κ1) is 24.1. The van der Waals surface area contributed by atoms with Crippen molar-refractivity contribution in [2.75, 3.05) is 31.5 Å². The molecule has 2 aromatic rings. The molecule has 1 atom stereocenters. The summed E-state index contributed by atoms with van der Waals surface area (Å²) in [5, 5.41) is 9.81. The Kier molecular flexibility index (Phi) is 8.53. The minimum Gasteiger partial charge on any atom is -0.491 e. The van der Waals surface area contributed by atoms with Crippen molar-refractivity contribution >= 4 is 29.0 Å². The van der Waals surface area contributed by atoms with E-state index in [0.717, 1.165) is 43.1 Å². The Bertz CT molecular complexity index is 909. The molecule has 2 aromatic carbocycles. The first-order valence-corrected chi connectivity index (χ1v) is 11.7. The summed E-state index contributed by atoms with van der Waals surface area (Å²) in [5.74, 6) is 1.00. The van der Waals surface area contributed by atoms with Crippen LogP contribution in [-0.4, -0.2) is 53.9 Å². The normalized spacial score (nSPS) is 15.9. The van der Waals surface area contributed by atoms with Crippen molar-refractivity contribution in [3.63, 3.8) is 0 Å². The third-order valence-corrected chi connectivity index (χ3v) is 5.80. The third kappa shape index (κ3) is 6.47. The molecule has 3 rings (SSSR count). The van der Waals surface area contributed by atoms with Crippen LogP contribution in [0.25, 0.3) is 0 Å². The van der Waals surface area contributed by atoms with Gasteiger partial charge in [-0.2, -0.15) is 5.10 Å². The van der Waals surface area contributed by atoms with E-state index in [0.29, 0.717) is 17.3 Å². The van der Waals surface area contributed by atoms with Crippen LogP contribution in [0.5, 0.6) is 5.75 Å². The highest BCUT2D eigenvalue weighted by Gasteiger charge is 2.31. The number of ether oxygens (including phenoxy) is 1. The fourth-order valence-corrected chi connectivity index (χ4v) is 3.90. The van der Waals surface area contributed by atoms with Gasteiger partial charge in [0.1, 0.15) is 5.75 Å². The molecule has 7 heteroatoms. The summed E-state index contributed by atoms with van der Waals surface area (Å²) >= 11 is 5.95. The van der Waals surface area contributed by atoms with Crippen molar-refractivity contribution in [2.45, 2.75) is 40.2 Å². The van der Waals surface area contributed by atoms with E-state index < -0.39 is 0 Å². The predicted octanol–water partition coefficient (Wildman–Crippen LogP) is 5.73. The molecule has 1 N–H and O–H groups in total. The summed E-state index contributed by atoms with van der Waals surface area (Å²) in [7, 11) is 0. The molecule has 6 nitrogen and oxygen atoms in total. The quantitative estimate of drug-likeness (QED) is 0.524. The van der Waals surface area contributed by atoms with Crippen LogP contribution in [0, 0.1) is 5.92 Å². The van der Waals surface area contributed by atoms with E-state index in [1.807, 2.05) is 38.1 Å². The second-order valence-electron chi connectivity index (χ2n) is 8.21. The highest BCUT2D eigenvalue weighted by atomic mass is 35.5. The lowest BCUT2D eigenvalue weighted by molar-refractivity contribution is 0.213. The van der Waals surface area contributed by atoms with Crippen molar-refractivity contribution in [2.24, 2.45) is 11.0 Å². The second-order valence-corrected chi connectivity index (χ2v) is 8.64. The third-order valence-electron chi connectivity index (χ3n) is 5.55. The number of rotatable bonds is 9. The van der Waals surface area contributed by atoms with Gasteiger partial charge in [-0.05, 0) is 94.0 Å². The molecule has 0 radical (unpaired) electrons. The number of hydrogen-bond acceptors (Lipinski definition) is 4. The Morgan fingerprint density at radius 2 is 1.81 bits per heavy atom. The van der Waals surface area contributed by atoms with Gasteiger partial charge in [0.15, 0.2) is 0 Å². The summed E-state index contributed by atoms with van der Waals surface area (Å²) in [6.45, 7) is 11.9. The molecule has 0 aliphatic carbocycles. The van der Waals surface area contributed by atoms with Crippen LogP contribution in [-0.2, 0) is 0 Å². The van der Waals surface area contributed by atoms with Gasteiger partial charge in [-0.1, -0.05) is 25.4 Å². The van der Waals surface area contributed by atoms with Gasteiger partial charge in [-0.25, -0.2) is 9.80 Å². The fourth-order valence-electron chi connectivity index (χ4n) is 3.77. The molecule has 1 heterocycles. The van der Waals surface area contributed by atoms with Gasteiger partial charge in [0.05, 0.1) is 18.4 Å². The maximum atomic E-state index is 12.9. The maximum absolute atomic E-state index is 12.9. The molecule has 0 saturated carbocycles. The number of hydrogen-bond donors (Lipinski definition) is 1. The number of carbonyl (C=O) groups excluding carboxylic acids is 1. The number of halogens is 1.